The summed E-state index contributed by atoms with van der Waals surface area (Å²) in [5, 5.41) is 6.46. The van der Waals surface area contributed by atoms with Gasteiger partial charge in [-0.05, 0) is 38.5 Å². The lowest BCUT2D eigenvalue weighted by molar-refractivity contribution is -0.120. The van der Waals surface area contributed by atoms with Gasteiger partial charge in [-0.3, -0.25) is 19.8 Å². The molecular formula is C19H23FN4O3. The Kier molecular flexibility index (Phi) is 5.85. The number of halogens is 1. The number of nitrogens with one attached hydrogen (secondary N) is 1. The van der Waals surface area contributed by atoms with Crippen LogP contribution in [0, 0.1) is 12.7 Å². The van der Waals surface area contributed by atoms with Crippen LogP contribution in [0.15, 0.2) is 34.9 Å². The molecule has 2 amide bonds. The maximum Gasteiger partial charge on any atom is 0.254 e. The Labute approximate surface area is 157 Å². The van der Waals surface area contributed by atoms with Crippen LogP contribution in [0.1, 0.15) is 29.4 Å². The van der Waals surface area contributed by atoms with Crippen molar-refractivity contribution in [3.05, 3.63) is 47.4 Å². The van der Waals surface area contributed by atoms with E-state index in [1.807, 2.05) is 11.8 Å². The van der Waals surface area contributed by atoms with Gasteiger partial charge in [0.15, 0.2) is 0 Å². The molecule has 0 spiro atoms. The first-order valence-corrected chi connectivity index (χ1v) is 8.97. The zero-order chi connectivity index (χ0) is 19.4. The lowest BCUT2D eigenvalue weighted by Crippen LogP contribution is -2.44. The second-order valence-corrected chi connectivity index (χ2v) is 6.69. The molecule has 0 aliphatic carbocycles. The molecule has 0 saturated carbocycles. The number of nitrogens with zero attached hydrogens (tertiary/aromatic N) is 3. The van der Waals surface area contributed by atoms with Crippen molar-refractivity contribution in [1.29, 1.82) is 0 Å². The quantitative estimate of drug-likeness (QED) is 0.888. The zero-order valence-corrected chi connectivity index (χ0v) is 15.4. The van der Waals surface area contributed by atoms with Gasteiger partial charge in [-0.2, -0.15) is 0 Å². The summed E-state index contributed by atoms with van der Waals surface area (Å²) in [6, 6.07) is 7.00. The Morgan fingerprint density at radius 2 is 2.04 bits per heavy atom. The molecule has 1 N–H and O–H groups in total. The topological polar surface area (TPSA) is 78.7 Å². The highest BCUT2D eigenvalue weighted by Crippen LogP contribution is 2.14. The molecule has 0 radical (unpaired) electrons. The standard InChI is InChI=1S/C19H23FN4O3/c1-13-11-17(27-22-13)21-18(25)14(2)23-7-4-8-24(10-9-23)19(26)15-5-3-6-16(20)12-15/h3,5-6,11-12,14H,4,7-10H2,1-2H3,(H,21,25). The van der Waals surface area contributed by atoms with Gasteiger partial charge in [0.25, 0.3) is 5.91 Å². The summed E-state index contributed by atoms with van der Waals surface area (Å²) in [6.45, 7) is 5.90. The first-order chi connectivity index (χ1) is 12.9. The average molecular weight is 374 g/mol. The van der Waals surface area contributed by atoms with Crippen LogP contribution >= 0.6 is 0 Å². The number of benzene rings is 1. The van der Waals surface area contributed by atoms with Gasteiger partial charge < -0.3 is 9.42 Å². The minimum atomic E-state index is -0.426. The highest BCUT2D eigenvalue weighted by atomic mass is 19.1. The fraction of sp³-hybridized carbons (Fsp3) is 0.421. The van der Waals surface area contributed by atoms with Crippen LogP contribution in [0.5, 0.6) is 0 Å². The van der Waals surface area contributed by atoms with Crippen molar-refractivity contribution in [3.8, 4) is 0 Å². The molecule has 144 valence electrons. The summed E-state index contributed by atoms with van der Waals surface area (Å²) in [5.41, 5.74) is 1.04. The first-order valence-electron chi connectivity index (χ1n) is 8.97. The molecule has 0 bridgehead atoms. The van der Waals surface area contributed by atoms with Crippen molar-refractivity contribution in [3.63, 3.8) is 0 Å². The van der Waals surface area contributed by atoms with Crippen molar-refractivity contribution in [2.45, 2.75) is 26.3 Å². The van der Waals surface area contributed by atoms with Crippen molar-refractivity contribution in [2.75, 3.05) is 31.5 Å². The van der Waals surface area contributed by atoms with Crippen LogP contribution in [-0.2, 0) is 4.79 Å². The van der Waals surface area contributed by atoms with E-state index in [0.29, 0.717) is 43.3 Å². The number of carbonyl (C=O) groups excluding carboxylic acids is 2. The highest BCUT2D eigenvalue weighted by Gasteiger charge is 2.26. The Morgan fingerprint density at radius 1 is 1.22 bits per heavy atom. The summed E-state index contributed by atoms with van der Waals surface area (Å²) in [5.74, 6) is -0.478. The molecule has 7 nitrogen and oxygen atoms in total. The molecule has 2 heterocycles. The van der Waals surface area contributed by atoms with Gasteiger partial charge in [0.1, 0.15) is 5.82 Å². The average Bonchev–Trinajstić information content (AvgIpc) is 2.91. The van der Waals surface area contributed by atoms with Crippen molar-refractivity contribution in [2.24, 2.45) is 0 Å². The minimum Gasteiger partial charge on any atom is -0.338 e. The van der Waals surface area contributed by atoms with Gasteiger partial charge >= 0.3 is 0 Å². The number of aromatic nitrogens is 1. The van der Waals surface area contributed by atoms with E-state index in [0.717, 1.165) is 6.42 Å². The monoisotopic (exact) mass is 374 g/mol. The van der Waals surface area contributed by atoms with Gasteiger partial charge in [-0.15, -0.1) is 0 Å². The van der Waals surface area contributed by atoms with Crippen LogP contribution in [0.3, 0.4) is 0 Å². The Hall–Kier alpha value is -2.74. The number of amides is 2. The minimum absolute atomic E-state index is 0.184. The summed E-state index contributed by atoms with van der Waals surface area (Å²) < 4.78 is 18.4. The molecule has 1 saturated heterocycles. The van der Waals surface area contributed by atoms with Gasteiger partial charge in [0, 0.05) is 37.8 Å². The molecule has 1 aromatic heterocycles. The summed E-state index contributed by atoms with van der Waals surface area (Å²) in [7, 11) is 0. The van der Waals surface area contributed by atoms with E-state index in [9.17, 15) is 14.0 Å². The third-order valence-electron chi connectivity index (χ3n) is 4.69. The van der Waals surface area contributed by atoms with Crippen LogP contribution < -0.4 is 5.32 Å². The van der Waals surface area contributed by atoms with E-state index in [2.05, 4.69) is 10.5 Å². The molecular weight excluding hydrogens is 351 g/mol. The number of hydrogen-bond donors (Lipinski definition) is 1. The molecule has 1 aromatic carbocycles. The van der Waals surface area contributed by atoms with Gasteiger partial charge in [0.2, 0.25) is 11.8 Å². The number of carbonyl (C=O) groups is 2. The lowest BCUT2D eigenvalue weighted by Gasteiger charge is -2.26. The SMILES string of the molecule is Cc1cc(NC(=O)C(C)N2CCCN(C(=O)c3cccc(F)c3)CC2)on1. The summed E-state index contributed by atoms with van der Waals surface area (Å²) in [4.78, 5) is 28.8. The van der Waals surface area contributed by atoms with E-state index in [-0.39, 0.29) is 17.9 Å². The van der Waals surface area contributed by atoms with E-state index in [1.165, 1.54) is 18.2 Å². The van der Waals surface area contributed by atoms with Gasteiger partial charge in [0.05, 0.1) is 11.7 Å². The third-order valence-corrected chi connectivity index (χ3v) is 4.69. The fourth-order valence-corrected chi connectivity index (χ4v) is 3.15. The molecule has 8 heteroatoms. The molecule has 2 aromatic rings. The Morgan fingerprint density at radius 3 is 2.74 bits per heavy atom. The maximum atomic E-state index is 13.4. The number of rotatable bonds is 4. The van der Waals surface area contributed by atoms with E-state index in [4.69, 9.17) is 4.52 Å². The third kappa shape index (κ3) is 4.71. The normalized spacial score (nSPS) is 16.6. The van der Waals surface area contributed by atoms with E-state index >= 15 is 0 Å². The smallest absolute Gasteiger partial charge is 0.254 e. The highest BCUT2D eigenvalue weighted by molar-refractivity contribution is 5.94. The summed E-state index contributed by atoms with van der Waals surface area (Å²) >= 11 is 0. The van der Waals surface area contributed by atoms with Gasteiger partial charge in [-0.25, -0.2) is 4.39 Å². The zero-order valence-electron chi connectivity index (χ0n) is 15.4. The van der Waals surface area contributed by atoms with Crippen LogP contribution in [0.25, 0.3) is 0 Å². The van der Waals surface area contributed by atoms with Crippen molar-refractivity contribution >= 4 is 17.7 Å². The predicted octanol–water partition coefficient (Wildman–Crippen LogP) is 2.30. The molecule has 1 fully saturated rings. The van der Waals surface area contributed by atoms with Crippen LogP contribution in [-0.4, -0.2) is 59.0 Å². The number of hydrogen-bond acceptors (Lipinski definition) is 5. The molecule has 1 unspecified atom stereocenters. The summed E-state index contributed by atoms with van der Waals surface area (Å²) in [6.07, 6.45) is 0.736. The molecule has 1 aliphatic rings. The van der Waals surface area contributed by atoms with Crippen LogP contribution in [0.2, 0.25) is 0 Å². The predicted molar refractivity (Wildman–Crippen MR) is 97.8 cm³/mol. The van der Waals surface area contributed by atoms with E-state index in [1.54, 1.807) is 24.0 Å². The Bertz CT molecular complexity index is 823. The maximum absolute atomic E-state index is 13.4. The molecule has 27 heavy (non-hydrogen) atoms. The van der Waals surface area contributed by atoms with Crippen LogP contribution in [0.4, 0.5) is 10.3 Å². The molecule has 3 rings (SSSR count). The number of aryl methyl sites for hydroxylation is 1. The largest absolute Gasteiger partial charge is 0.338 e. The Balaban J connectivity index is 1.58. The second kappa shape index (κ2) is 8.30. The first kappa shape index (κ1) is 19.0. The van der Waals surface area contributed by atoms with Gasteiger partial charge in [-0.1, -0.05) is 11.2 Å². The van der Waals surface area contributed by atoms with E-state index < -0.39 is 5.82 Å². The number of anilines is 1. The second-order valence-electron chi connectivity index (χ2n) is 6.69. The molecule has 1 aliphatic heterocycles. The van der Waals surface area contributed by atoms with Crippen molar-refractivity contribution in [1.82, 2.24) is 15.0 Å². The fourth-order valence-electron chi connectivity index (χ4n) is 3.15. The lowest BCUT2D eigenvalue weighted by atomic mass is 10.2. The molecule has 1 atom stereocenters. The van der Waals surface area contributed by atoms with Crippen molar-refractivity contribution < 1.29 is 18.5 Å².